The lowest BCUT2D eigenvalue weighted by Crippen LogP contribution is -2.56. The zero-order chi connectivity index (χ0) is 21.8. The maximum atomic E-state index is 13.0. The Labute approximate surface area is 184 Å². The van der Waals surface area contributed by atoms with Gasteiger partial charge in [-0.2, -0.15) is 5.10 Å². The van der Waals surface area contributed by atoms with Crippen LogP contribution in [-0.2, 0) is 24.3 Å². The second-order valence-electron chi connectivity index (χ2n) is 11.3. The minimum atomic E-state index is -0.519. The van der Waals surface area contributed by atoms with Crippen LogP contribution < -0.4 is 11.0 Å². The highest BCUT2D eigenvalue weighted by Crippen LogP contribution is 2.62. The fourth-order valence-corrected chi connectivity index (χ4v) is 7.44. The van der Waals surface area contributed by atoms with Crippen LogP contribution in [0.1, 0.15) is 63.6 Å². The number of hydrogen-bond donors (Lipinski definition) is 2. The third-order valence-electron chi connectivity index (χ3n) is 8.23. The largest absolute Gasteiger partial charge is 0.390 e. The molecule has 4 saturated carbocycles. The van der Waals surface area contributed by atoms with Crippen molar-refractivity contribution in [1.29, 1.82) is 0 Å². The molecule has 8 nitrogen and oxygen atoms in total. The lowest BCUT2D eigenvalue weighted by molar-refractivity contribution is -0.169. The number of aromatic nitrogens is 3. The number of carbonyl (C=O) groups excluding carboxylic acids is 1. The highest BCUT2D eigenvalue weighted by atomic mass is 16.3. The average molecular weight is 432 g/mol. The van der Waals surface area contributed by atoms with Crippen LogP contribution in [0.4, 0.5) is 0 Å². The van der Waals surface area contributed by atoms with Crippen molar-refractivity contribution in [2.45, 2.75) is 88.9 Å². The SMILES string of the molecule is CN(C)CCn1nc2n(c1=O)CCC(NC(=O)CC13CC4CC(CC(O)(C4)C1)C3)CC2. The van der Waals surface area contributed by atoms with Gasteiger partial charge < -0.3 is 15.3 Å². The molecule has 2 heterocycles. The minimum absolute atomic E-state index is 0.000638. The van der Waals surface area contributed by atoms with Gasteiger partial charge in [0.2, 0.25) is 5.91 Å². The number of hydrogen-bond acceptors (Lipinski definition) is 5. The predicted octanol–water partition coefficient (Wildman–Crippen LogP) is 1.15. The van der Waals surface area contributed by atoms with Gasteiger partial charge in [-0.1, -0.05) is 0 Å². The first-order valence-corrected chi connectivity index (χ1v) is 12.1. The van der Waals surface area contributed by atoms with E-state index in [1.54, 1.807) is 9.25 Å². The third kappa shape index (κ3) is 4.21. The fourth-order valence-electron chi connectivity index (χ4n) is 7.44. The van der Waals surface area contributed by atoms with Crippen molar-refractivity contribution < 1.29 is 9.90 Å². The average Bonchev–Trinajstić information content (AvgIpc) is 2.81. The summed E-state index contributed by atoms with van der Waals surface area (Å²) in [6.45, 7) is 1.99. The Morgan fingerprint density at radius 2 is 1.97 bits per heavy atom. The molecule has 3 atom stereocenters. The van der Waals surface area contributed by atoms with Crippen LogP contribution in [0.5, 0.6) is 0 Å². The summed E-state index contributed by atoms with van der Waals surface area (Å²) in [4.78, 5) is 27.7. The van der Waals surface area contributed by atoms with Gasteiger partial charge >= 0.3 is 5.69 Å². The first-order chi connectivity index (χ1) is 14.7. The highest BCUT2D eigenvalue weighted by molar-refractivity contribution is 5.77. The van der Waals surface area contributed by atoms with E-state index < -0.39 is 5.60 Å². The Balaban J connectivity index is 1.18. The van der Waals surface area contributed by atoms with Crippen molar-refractivity contribution in [1.82, 2.24) is 24.6 Å². The number of amides is 1. The van der Waals surface area contributed by atoms with Gasteiger partial charge in [-0.25, -0.2) is 9.48 Å². The standard InChI is InChI=1S/C23H37N5O3/c1-26(2)7-8-28-21(30)27-6-5-18(3-4-19(27)25-28)24-20(29)14-22-10-16-9-17(11-22)13-23(31,12-16)15-22/h16-18,31H,3-15H2,1-2H3,(H,24,29). The molecule has 1 aromatic heterocycles. The lowest BCUT2D eigenvalue weighted by atomic mass is 9.47. The van der Waals surface area contributed by atoms with Crippen LogP contribution in [0.15, 0.2) is 4.79 Å². The van der Waals surface area contributed by atoms with Gasteiger partial charge in [-0.3, -0.25) is 9.36 Å². The summed E-state index contributed by atoms with van der Waals surface area (Å²) in [5.74, 6) is 2.16. The molecule has 31 heavy (non-hydrogen) atoms. The van der Waals surface area contributed by atoms with E-state index in [1.807, 2.05) is 19.0 Å². The van der Waals surface area contributed by atoms with Gasteiger partial charge in [-0.05, 0) is 82.7 Å². The monoisotopic (exact) mass is 431 g/mol. The molecule has 5 aliphatic rings. The Bertz CT molecular complexity index is 890. The Kier molecular flexibility index (Phi) is 5.28. The predicted molar refractivity (Wildman–Crippen MR) is 117 cm³/mol. The summed E-state index contributed by atoms with van der Waals surface area (Å²) < 4.78 is 3.36. The van der Waals surface area contributed by atoms with Gasteiger partial charge in [0, 0.05) is 32.0 Å². The maximum Gasteiger partial charge on any atom is 0.345 e. The number of likely N-dealkylation sites (N-methyl/N-ethyl adjacent to an activating group) is 1. The van der Waals surface area contributed by atoms with E-state index in [9.17, 15) is 14.7 Å². The van der Waals surface area contributed by atoms with Crippen LogP contribution in [0, 0.1) is 17.3 Å². The molecular formula is C23H37N5O3. The second-order valence-corrected chi connectivity index (χ2v) is 11.3. The number of nitrogens with zero attached hydrogens (tertiary/aromatic N) is 4. The van der Waals surface area contributed by atoms with Gasteiger partial charge in [0.1, 0.15) is 5.82 Å². The Morgan fingerprint density at radius 3 is 2.65 bits per heavy atom. The molecule has 1 aliphatic heterocycles. The molecule has 0 saturated heterocycles. The molecular weight excluding hydrogens is 394 g/mol. The zero-order valence-corrected chi connectivity index (χ0v) is 19.0. The summed E-state index contributed by atoms with van der Waals surface area (Å²) >= 11 is 0. The molecule has 2 N–H and O–H groups in total. The molecule has 0 radical (unpaired) electrons. The van der Waals surface area contributed by atoms with Crippen molar-refractivity contribution in [3.8, 4) is 0 Å². The van der Waals surface area contributed by atoms with Crippen molar-refractivity contribution >= 4 is 5.91 Å². The lowest BCUT2D eigenvalue weighted by Gasteiger charge is -2.60. The quantitative estimate of drug-likeness (QED) is 0.705. The van der Waals surface area contributed by atoms with Crippen molar-refractivity contribution in [2.24, 2.45) is 17.3 Å². The Morgan fingerprint density at radius 1 is 1.23 bits per heavy atom. The van der Waals surface area contributed by atoms with Gasteiger partial charge in [0.15, 0.2) is 0 Å². The van der Waals surface area contributed by atoms with E-state index in [1.165, 1.54) is 6.42 Å². The Hall–Kier alpha value is -1.67. The van der Waals surface area contributed by atoms with E-state index in [0.29, 0.717) is 37.8 Å². The number of aliphatic hydroxyl groups is 1. The topological polar surface area (TPSA) is 92.4 Å². The molecule has 4 aliphatic carbocycles. The number of rotatable bonds is 6. The van der Waals surface area contributed by atoms with Crippen molar-refractivity contribution in [2.75, 3.05) is 20.6 Å². The number of carbonyl (C=O) groups is 1. The highest BCUT2D eigenvalue weighted by Gasteiger charge is 2.57. The van der Waals surface area contributed by atoms with E-state index in [0.717, 1.165) is 57.3 Å². The summed E-state index contributed by atoms with van der Waals surface area (Å²) in [6, 6.07) is 0.0841. The number of nitrogens with one attached hydrogen (secondary N) is 1. The molecule has 172 valence electrons. The van der Waals surface area contributed by atoms with Crippen molar-refractivity contribution in [3.05, 3.63) is 16.3 Å². The van der Waals surface area contributed by atoms with Gasteiger partial charge in [-0.15, -0.1) is 0 Å². The molecule has 1 amide bonds. The molecule has 4 fully saturated rings. The zero-order valence-electron chi connectivity index (χ0n) is 19.0. The van der Waals surface area contributed by atoms with Crippen LogP contribution >= 0.6 is 0 Å². The minimum Gasteiger partial charge on any atom is -0.390 e. The molecule has 6 rings (SSSR count). The fraction of sp³-hybridized carbons (Fsp3) is 0.870. The summed E-state index contributed by atoms with van der Waals surface area (Å²) in [5.41, 5.74) is -0.555. The molecule has 0 aromatic carbocycles. The smallest absolute Gasteiger partial charge is 0.345 e. The summed E-state index contributed by atoms with van der Waals surface area (Å²) in [6.07, 6.45) is 8.96. The second kappa shape index (κ2) is 7.73. The first-order valence-electron chi connectivity index (χ1n) is 12.1. The van der Waals surface area contributed by atoms with Gasteiger partial charge in [0.25, 0.3) is 0 Å². The van der Waals surface area contributed by atoms with Gasteiger partial charge in [0.05, 0.1) is 12.1 Å². The van der Waals surface area contributed by atoms with Crippen LogP contribution in [0.3, 0.4) is 0 Å². The van der Waals surface area contributed by atoms with Crippen LogP contribution in [0.2, 0.25) is 0 Å². The van der Waals surface area contributed by atoms with Crippen LogP contribution in [0.25, 0.3) is 0 Å². The normalized spacial score (nSPS) is 36.5. The van der Waals surface area contributed by atoms with E-state index >= 15 is 0 Å². The van der Waals surface area contributed by atoms with Crippen LogP contribution in [-0.4, -0.2) is 62.5 Å². The van der Waals surface area contributed by atoms with E-state index in [4.69, 9.17) is 0 Å². The first kappa shape index (κ1) is 21.2. The number of fused-ring (bicyclic) bond motifs is 1. The van der Waals surface area contributed by atoms with E-state index in [-0.39, 0.29) is 23.1 Å². The van der Waals surface area contributed by atoms with E-state index in [2.05, 4.69) is 10.4 Å². The summed E-state index contributed by atoms with van der Waals surface area (Å²) in [5, 5.41) is 18.8. The molecule has 0 spiro atoms. The maximum absolute atomic E-state index is 13.0. The molecule has 1 aromatic rings. The third-order valence-corrected chi connectivity index (χ3v) is 8.23. The molecule has 8 heteroatoms. The summed E-state index contributed by atoms with van der Waals surface area (Å²) in [7, 11) is 3.98. The van der Waals surface area contributed by atoms with Crippen molar-refractivity contribution in [3.63, 3.8) is 0 Å². The molecule has 3 unspecified atom stereocenters. The molecule has 4 bridgehead atoms. The number of aryl methyl sites for hydroxylation is 1.